The normalized spacial score (nSPS) is 36.4. The van der Waals surface area contributed by atoms with E-state index in [9.17, 15) is 15.3 Å². The van der Waals surface area contributed by atoms with E-state index >= 15 is 9.59 Å². The lowest BCUT2D eigenvalue weighted by atomic mass is 9.38. The van der Waals surface area contributed by atoms with E-state index in [-0.39, 0.29) is 70.9 Å². The first-order valence-corrected chi connectivity index (χ1v) is 34.1. The highest BCUT2D eigenvalue weighted by molar-refractivity contribution is 6.08. The standard InChI is InChI=1S/C78H90N4O7/c1-4-48(38-49-14-7-5-8-15-49)40-65-78-35-24-62-67(69(78)73(85)89-65)60-44-57(83)21-22-58(60)51-17-12-18-52(41-51)63-25-34-76(62)33-23-59-64(88-72(84)68(59)71(76)78)26-32-75(55-28-37-81-66(43-55)79-3)45-54-42-56(77(87)30-9-6-10-31-77)20-13-29-74(2,86)47-82-70(61(54)46-75)53-19-11-16-50(39-53)27-36-80-63/h5,7-8,11-12,14-19,21-22,25-26,34,39-41,44,48,54-56,61-63,66,70-71,79-83,86-87H,4,6,9-10,23-24,27-33,35-38,42-43,45-47H2,1-3H3/b34-25+,64-26?,65-40-/t48-,54+,55+,56+,61-,62-,63-,66-,70+,71-,74-,75-,76-,78-/m0/s1. The van der Waals surface area contributed by atoms with E-state index in [1.165, 1.54) is 16.7 Å². The number of aliphatic hydroxyl groups is 2. The van der Waals surface area contributed by atoms with E-state index in [0.29, 0.717) is 73.8 Å². The Bertz CT molecular complexity index is 3690. The third-order valence-electron chi connectivity index (χ3n) is 24.4. The van der Waals surface area contributed by atoms with E-state index in [2.05, 4.69) is 150 Å². The summed E-state index contributed by atoms with van der Waals surface area (Å²) >= 11 is 0. The summed E-state index contributed by atoms with van der Waals surface area (Å²) in [6.45, 7) is 6.06. The molecule has 11 nitrogen and oxygen atoms in total. The number of nitrogens with one attached hydrogen (secondary N) is 4. The Morgan fingerprint density at radius 3 is 2.49 bits per heavy atom. The van der Waals surface area contributed by atoms with Crippen LogP contribution in [0.1, 0.15) is 163 Å². The topological polar surface area (TPSA) is 161 Å². The summed E-state index contributed by atoms with van der Waals surface area (Å²) in [6, 6.07) is 33.9. The molecular weight excluding hydrogens is 1100 g/mol. The molecule has 14 bridgehead atoms. The fourth-order valence-electron chi connectivity index (χ4n) is 20.1. The average molecular weight is 1200 g/mol. The Morgan fingerprint density at radius 2 is 1.65 bits per heavy atom. The van der Waals surface area contributed by atoms with Gasteiger partial charge >= 0.3 is 11.9 Å². The number of carbonyl (C=O) groups is 2. The zero-order valence-corrected chi connectivity index (χ0v) is 52.4. The number of hydrogen-bond donors (Lipinski definition) is 7. The van der Waals surface area contributed by atoms with Crippen LogP contribution in [0.25, 0.3) is 16.7 Å². The van der Waals surface area contributed by atoms with Crippen molar-refractivity contribution in [3.8, 4) is 28.7 Å². The maximum Gasteiger partial charge on any atom is 0.340 e. The first-order chi connectivity index (χ1) is 43.2. The zero-order chi connectivity index (χ0) is 60.9. The minimum atomic E-state index is -1.10. The van der Waals surface area contributed by atoms with Gasteiger partial charge in [-0.1, -0.05) is 129 Å². The van der Waals surface area contributed by atoms with Crippen LogP contribution in [0.4, 0.5) is 0 Å². The summed E-state index contributed by atoms with van der Waals surface area (Å²) in [7, 11) is 2.06. The molecule has 0 aromatic heterocycles. The molecule has 5 fully saturated rings. The molecule has 14 atom stereocenters. The number of ether oxygens (including phenoxy) is 2. The fourth-order valence-corrected chi connectivity index (χ4v) is 20.1. The second kappa shape index (κ2) is 23.1. The molecule has 7 N–H and O–H groups in total. The molecule has 0 unspecified atom stereocenters. The van der Waals surface area contributed by atoms with Crippen molar-refractivity contribution in [3.63, 3.8) is 0 Å². The SMILES string of the molecule is CC[C@H](/C=C1\OC(=O)C2=C3c4cc(O)ccc4-c4cccc(c4)[C@@H]4/C=C/[C@]56CCC7=C(C(=O)OC7=CC[C@]7([C@@H]8CCN[C@H](NC)C8)C[C@H]8C[C@H](C9(O)CCCCC9)C#CC[C@](C)(O)CN[C@H](c9cccc(c9)CCN4)[C@H]8C7)[C@@H]5[C@]21CC[C@@H]36)Cc1ccccc1. The maximum absolute atomic E-state index is 16.0. The van der Waals surface area contributed by atoms with E-state index in [1.807, 2.05) is 19.1 Å². The molecular formula is C78H90N4O7. The molecule has 3 saturated carbocycles. The van der Waals surface area contributed by atoms with Crippen LogP contribution in [0.5, 0.6) is 5.75 Å². The van der Waals surface area contributed by atoms with Crippen LogP contribution in [-0.4, -0.2) is 71.3 Å². The van der Waals surface area contributed by atoms with Crippen molar-refractivity contribution in [2.24, 2.45) is 57.7 Å². The van der Waals surface area contributed by atoms with Crippen molar-refractivity contribution in [1.29, 1.82) is 0 Å². The number of fused-ring (bicyclic) bond motifs is 9. The number of phenolic OH excluding ortho intramolecular Hbond substituents is 1. The zero-order valence-electron chi connectivity index (χ0n) is 52.4. The lowest BCUT2D eigenvalue weighted by Gasteiger charge is -2.62. The summed E-state index contributed by atoms with van der Waals surface area (Å²) in [5.74, 6) is 7.71. The van der Waals surface area contributed by atoms with Gasteiger partial charge in [-0.3, -0.25) is 0 Å². The number of rotatable bonds is 7. The molecule has 17 rings (SSSR count). The molecule has 11 heteroatoms. The van der Waals surface area contributed by atoms with Gasteiger partial charge in [0.25, 0.3) is 0 Å². The molecule has 4 aromatic rings. The number of hydrogen-bond acceptors (Lipinski definition) is 11. The molecule has 7 aliphatic carbocycles. The number of allylic oxidation sites excluding steroid dienone is 6. The minimum Gasteiger partial charge on any atom is -0.508 e. The lowest BCUT2D eigenvalue weighted by Crippen LogP contribution is -2.58. The molecule has 464 valence electrons. The third-order valence-corrected chi connectivity index (χ3v) is 24.4. The number of carbonyl (C=O) groups excluding carboxylic acids is 2. The third kappa shape index (κ3) is 10.2. The molecule has 4 aromatic carbocycles. The van der Waals surface area contributed by atoms with Crippen molar-refractivity contribution in [1.82, 2.24) is 21.3 Å². The smallest absolute Gasteiger partial charge is 0.340 e. The number of β-amino-alcohol motifs (C(OH)–C–C–N with tert-alkyl or cyclic N) is 1. The molecule has 13 aliphatic rings. The van der Waals surface area contributed by atoms with Crippen molar-refractivity contribution in [2.75, 3.05) is 26.7 Å². The lowest BCUT2D eigenvalue weighted by molar-refractivity contribution is -0.135. The van der Waals surface area contributed by atoms with Crippen LogP contribution in [0, 0.1) is 69.5 Å². The Labute approximate surface area is 526 Å². The summed E-state index contributed by atoms with van der Waals surface area (Å²) in [6.07, 6.45) is 24.9. The molecule has 2 spiro atoms. The van der Waals surface area contributed by atoms with Gasteiger partial charge in [-0.25, -0.2) is 9.59 Å². The maximum atomic E-state index is 16.0. The van der Waals surface area contributed by atoms with Gasteiger partial charge < -0.3 is 46.1 Å². The Hall–Kier alpha value is -6.36. The number of phenols is 1. The van der Waals surface area contributed by atoms with Gasteiger partial charge in [0.1, 0.15) is 17.3 Å². The van der Waals surface area contributed by atoms with Crippen LogP contribution < -0.4 is 21.3 Å². The largest absolute Gasteiger partial charge is 0.508 e. The molecule has 0 radical (unpaired) electrons. The van der Waals surface area contributed by atoms with Gasteiger partial charge in [-0.05, 0) is 227 Å². The highest BCUT2D eigenvalue weighted by Crippen LogP contribution is 2.77. The van der Waals surface area contributed by atoms with Crippen LogP contribution in [-0.2, 0) is 31.9 Å². The first kappa shape index (κ1) is 59.0. The summed E-state index contributed by atoms with van der Waals surface area (Å²) in [5, 5.41) is 52.3. The molecule has 6 heterocycles. The Kier molecular flexibility index (Phi) is 15.3. The number of aromatic hydroxyl groups is 1. The van der Waals surface area contributed by atoms with Gasteiger partial charge in [-0.2, -0.15) is 0 Å². The summed E-state index contributed by atoms with van der Waals surface area (Å²) in [4.78, 5) is 31.6. The first-order valence-electron chi connectivity index (χ1n) is 34.1. The quantitative estimate of drug-likeness (QED) is 0.0536. The van der Waals surface area contributed by atoms with Crippen molar-refractivity contribution < 1.29 is 34.4 Å². The fraction of sp³-hybridized carbons (Fsp3) is 0.513. The summed E-state index contributed by atoms with van der Waals surface area (Å²) in [5.41, 5.74) is 6.88. The second-order valence-electron chi connectivity index (χ2n) is 29.4. The molecule has 6 aliphatic heterocycles. The monoisotopic (exact) mass is 1190 g/mol. The second-order valence-corrected chi connectivity index (χ2v) is 29.4. The highest BCUT2D eigenvalue weighted by Gasteiger charge is 2.73. The number of esters is 2. The predicted molar refractivity (Wildman–Crippen MR) is 347 cm³/mol. The van der Waals surface area contributed by atoms with Crippen LogP contribution in [0.15, 0.2) is 150 Å². The van der Waals surface area contributed by atoms with Crippen LogP contribution in [0.3, 0.4) is 0 Å². The van der Waals surface area contributed by atoms with Gasteiger partial charge in [0.2, 0.25) is 0 Å². The van der Waals surface area contributed by atoms with Crippen molar-refractivity contribution in [2.45, 2.75) is 165 Å². The van der Waals surface area contributed by atoms with Crippen LogP contribution in [0.2, 0.25) is 0 Å². The minimum absolute atomic E-state index is 0.0393. The summed E-state index contributed by atoms with van der Waals surface area (Å²) < 4.78 is 13.9. The van der Waals surface area contributed by atoms with E-state index in [0.717, 1.165) is 130 Å². The number of piperidine rings is 1. The number of benzene rings is 4. The molecule has 89 heavy (non-hydrogen) atoms. The van der Waals surface area contributed by atoms with Crippen LogP contribution >= 0.6 is 0 Å². The predicted octanol–water partition coefficient (Wildman–Crippen LogP) is 13.0. The highest BCUT2D eigenvalue weighted by atomic mass is 16.6. The average Bonchev–Trinajstić information content (AvgIpc) is 1.61. The number of cyclic esters (lactones) is 1. The molecule has 0 amide bonds. The molecule has 2 saturated heterocycles. The Balaban J connectivity index is 0.952. The van der Waals surface area contributed by atoms with Gasteiger partial charge in [0, 0.05) is 53.9 Å². The Morgan fingerprint density at radius 1 is 0.809 bits per heavy atom. The van der Waals surface area contributed by atoms with E-state index in [4.69, 9.17) is 9.47 Å². The van der Waals surface area contributed by atoms with Gasteiger partial charge in [0.15, 0.2) is 0 Å². The van der Waals surface area contributed by atoms with Gasteiger partial charge in [0.05, 0.1) is 34.4 Å². The van der Waals surface area contributed by atoms with Crippen molar-refractivity contribution >= 4 is 17.5 Å². The van der Waals surface area contributed by atoms with Gasteiger partial charge in [-0.15, -0.1) is 0 Å². The van der Waals surface area contributed by atoms with E-state index in [1.54, 1.807) is 6.07 Å². The van der Waals surface area contributed by atoms with E-state index < -0.39 is 27.9 Å². The van der Waals surface area contributed by atoms with Crippen molar-refractivity contribution in [3.05, 3.63) is 177 Å².